The SMILES string of the molecule is C[C@H]1C[C@@H]2C(=NO[C@@H]2COCc2ccccc2)CO1. The molecule has 2 aliphatic heterocycles. The molecule has 0 unspecified atom stereocenters. The van der Waals surface area contributed by atoms with E-state index < -0.39 is 0 Å². The smallest absolute Gasteiger partial charge is 0.159 e. The first kappa shape index (κ1) is 12.6. The average molecular weight is 261 g/mol. The van der Waals surface area contributed by atoms with Gasteiger partial charge < -0.3 is 14.3 Å². The van der Waals surface area contributed by atoms with Crippen LogP contribution in [0.1, 0.15) is 18.9 Å². The van der Waals surface area contributed by atoms with Crippen molar-refractivity contribution in [3.8, 4) is 0 Å². The van der Waals surface area contributed by atoms with Gasteiger partial charge in [0.25, 0.3) is 0 Å². The van der Waals surface area contributed by atoms with Gasteiger partial charge in [0.05, 0.1) is 31.6 Å². The average Bonchev–Trinajstić information content (AvgIpc) is 2.83. The summed E-state index contributed by atoms with van der Waals surface area (Å²) in [6, 6.07) is 10.2. The van der Waals surface area contributed by atoms with Crippen LogP contribution in [-0.4, -0.2) is 31.1 Å². The van der Waals surface area contributed by atoms with Gasteiger partial charge in [0.2, 0.25) is 0 Å². The molecule has 0 aliphatic carbocycles. The minimum Gasteiger partial charge on any atom is -0.389 e. The molecule has 0 amide bonds. The molecule has 1 fully saturated rings. The molecule has 3 rings (SSSR count). The summed E-state index contributed by atoms with van der Waals surface area (Å²) in [5.74, 6) is 0.361. The number of ether oxygens (including phenoxy) is 2. The molecule has 0 aromatic heterocycles. The maximum Gasteiger partial charge on any atom is 0.159 e. The van der Waals surface area contributed by atoms with Crippen LogP contribution in [0.2, 0.25) is 0 Å². The number of benzene rings is 1. The molecule has 19 heavy (non-hydrogen) atoms. The lowest BCUT2D eigenvalue weighted by Crippen LogP contribution is -2.37. The number of rotatable bonds is 4. The Morgan fingerprint density at radius 3 is 3.00 bits per heavy atom. The van der Waals surface area contributed by atoms with E-state index in [2.05, 4.69) is 24.2 Å². The summed E-state index contributed by atoms with van der Waals surface area (Å²) in [6.07, 6.45) is 1.30. The van der Waals surface area contributed by atoms with Crippen molar-refractivity contribution in [2.45, 2.75) is 32.2 Å². The van der Waals surface area contributed by atoms with Crippen molar-refractivity contribution >= 4 is 5.71 Å². The van der Waals surface area contributed by atoms with Gasteiger partial charge in [-0.15, -0.1) is 0 Å². The Labute approximate surface area is 113 Å². The Hall–Kier alpha value is -1.39. The van der Waals surface area contributed by atoms with E-state index in [1.54, 1.807) is 0 Å². The van der Waals surface area contributed by atoms with Gasteiger partial charge in [-0.1, -0.05) is 35.5 Å². The second kappa shape index (κ2) is 5.72. The maximum absolute atomic E-state index is 5.75. The standard InChI is InChI=1S/C15H19NO3/c1-11-7-13-14(9-18-11)16-19-15(13)10-17-8-12-5-3-2-4-6-12/h2-6,11,13,15H,7-10H2,1H3/t11-,13+,15+/m0/s1. The van der Waals surface area contributed by atoms with Crippen molar-refractivity contribution in [1.82, 2.24) is 0 Å². The lowest BCUT2D eigenvalue weighted by atomic mass is 9.90. The van der Waals surface area contributed by atoms with Crippen molar-refractivity contribution in [3.05, 3.63) is 35.9 Å². The molecular weight excluding hydrogens is 242 g/mol. The summed E-state index contributed by atoms with van der Waals surface area (Å²) in [5, 5.41) is 4.11. The number of fused-ring (bicyclic) bond motifs is 1. The fourth-order valence-electron chi connectivity index (χ4n) is 2.58. The van der Waals surface area contributed by atoms with E-state index in [0.717, 1.165) is 12.1 Å². The van der Waals surface area contributed by atoms with E-state index in [0.29, 0.717) is 25.7 Å². The van der Waals surface area contributed by atoms with E-state index in [4.69, 9.17) is 14.3 Å². The minimum absolute atomic E-state index is 0.0464. The molecular formula is C15H19NO3. The highest BCUT2D eigenvalue weighted by Gasteiger charge is 2.38. The van der Waals surface area contributed by atoms with Gasteiger partial charge in [0, 0.05) is 5.92 Å². The molecule has 1 aromatic rings. The number of hydrogen-bond donors (Lipinski definition) is 0. The normalized spacial score (nSPS) is 29.5. The van der Waals surface area contributed by atoms with Crippen molar-refractivity contribution in [2.75, 3.05) is 13.2 Å². The molecule has 0 saturated carbocycles. The predicted octanol–water partition coefficient (Wildman–Crippen LogP) is 2.38. The molecule has 1 saturated heterocycles. The summed E-state index contributed by atoms with van der Waals surface area (Å²) in [5.41, 5.74) is 2.22. The van der Waals surface area contributed by atoms with Crippen LogP contribution in [0.4, 0.5) is 0 Å². The minimum atomic E-state index is 0.0464. The first-order valence-corrected chi connectivity index (χ1v) is 6.79. The molecule has 2 heterocycles. The fourth-order valence-corrected chi connectivity index (χ4v) is 2.58. The van der Waals surface area contributed by atoms with Gasteiger partial charge in [-0.25, -0.2) is 0 Å². The summed E-state index contributed by atoms with van der Waals surface area (Å²) >= 11 is 0. The Morgan fingerprint density at radius 1 is 1.32 bits per heavy atom. The van der Waals surface area contributed by atoms with E-state index in [1.807, 2.05) is 18.2 Å². The zero-order valence-electron chi connectivity index (χ0n) is 11.1. The highest BCUT2D eigenvalue weighted by Crippen LogP contribution is 2.28. The van der Waals surface area contributed by atoms with Crippen molar-refractivity contribution in [3.63, 3.8) is 0 Å². The highest BCUT2D eigenvalue weighted by molar-refractivity contribution is 5.89. The number of oxime groups is 1. The van der Waals surface area contributed by atoms with Gasteiger partial charge in [0.15, 0.2) is 6.10 Å². The number of nitrogens with zero attached hydrogens (tertiary/aromatic N) is 1. The molecule has 1 aromatic carbocycles. The van der Waals surface area contributed by atoms with E-state index in [1.165, 1.54) is 5.56 Å². The van der Waals surface area contributed by atoms with Crippen molar-refractivity contribution in [2.24, 2.45) is 11.1 Å². The van der Waals surface area contributed by atoms with Crippen LogP contribution < -0.4 is 0 Å². The van der Waals surface area contributed by atoms with Crippen LogP contribution in [0.5, 0.6) is 0 Å². The second-order valence-corrected chi connectivity index (χ2v) is 5.19. The van der Waals surface area contributed by atoms with E-state index in [-0.39, 0.29) is 12.2 Å². The van der Waals surface area contributed by atoms with Gasteiger partial charge >= 0.3 is 0 Å². The molecule has 4 nitrogen and oxygen atoms in total. The lowest BCUT2D eigenvalue weighted by molar-refractivity contribution is -0.0318. The summed E-state index contributed by atoms with van der Waals surface area (Å²) < 4.78 is 11.3. The Kier molecular flexibility index (Phi) is 3.80. The Morgan fingerprint density at radius 2 is 2.16 bits per heavy atom. The molecule has 0 spiro atoms. The van der Waals surface area contributed by atoms with Gasteiger partial charge in [-0.05, 0) is 18.9 Å². The zero-order chi connectivity index (χ0) is 13.1. The summed E-state index contributed by atoms with van der Waals surface area (Å²) in [6.45, 7) is 3.89. The fraction of sp³-hybridized carbons (Fsp3) is 0.533. The monoisotopic (exact) mass is 261 g/mol. The highest BCUT2D eigenvalue weighted by atomic mass is 16.7. The van der Waals surface area contributed by atoms with E-state index in [9.17, 15) is 0 Å². The van der Waals surface area contributed by atoms with E-state index >= 15 is 0 Å². The molecule has 2 aliphatic rings. The van der Waals surface area contributed by atoms with Crippen LogP contribution in [0, 0.1) is 5.92 Å². The third kappa shape index (κ3) is 2.96. The molecule has 0 radical (unpaired) electrons. The Balaban J connectivity index is 1.49. The van der Waals surface area contributed by atoms with Crippen LogP contribution >= 0.6 is 0 Å². The van der Waals surface area contributed by atoms with Gasteiger partial charge in [-0.2, -0.15) is 0 Å². The van der Waals surface area contributed by atoms with Crippen LogP contribution in [0.15, 0.2) is 35.5 Å². The van der Waals surface area contributed by atoms with Crippen LogP contribution in [0.25, 0.3) is 0 Å². The molecule has 0 N–H and O–H groups in total. The molecule has 3 atom stereocenters. The maximum atomic E-state index is 5.75. The first-order chi connectivity index (χ1) is 9.33. The largest absolute Gasteiger partial charge is 0.389 e. The number of hydrogen-bond acceptors (Lipinski definition) is 4. The molecule has 102 valence electrons. The third-order valence-corrected chi connectivity index (χ3v) is 3.68. The van der Waals surface area contributed by atoms with Crippen LogP contribution in [-0.2, 0) is 20.9 Å². The Bertz CT molecular complexity index is 446. The quantitative estimate of drug-likeness (QED) is 0.835. The molecule has 0 bridgehead atoms. The van der Waals surface area contributed by atoms with Gasteiger partial charge in [0.1, 0.15) is 0 Å². The topological polar surface area (TPSA) is 40.0 Å². The predicted molar refractivity (Wildman–Crippen MR) is 71.9 cm³/mol. The second-order valence-electron chi connectivity index (χ2n) is 5.19. The molecule has 4 heteroatoms. The zero-order valence-corrected chi connectivity index (χ0v) is 11.1. The van der Waals surface area contributed by atoms with Crippen LogP contribution in [0.3, 0.4) is 0 Å². The van der Waals surface area contributed by atoms with Crippen molar-refractivity contribution < 1.29 is 14.3 Å². The third-order valence-electron chi connectivity index (χ3n) is 3.68. The summed E-state index contributed by atoms with van der Waals surface area (Å²) in [7, 11) is 0. The first-order valence-electron chi connectivity index (χ1n) is 6.79. The van der Waals surface area contributed by atoms with Crippen molar-refractivity contribution in [1.29, 1.82) is 0 Å². The summed E-state index contributed by atoms with van der Waals surface area (Å²) in [4.78, 5) is 5.47. The lowest BCUT2D eigenvalue weighted by Gasteiger charge is -2.27. The van der Waals surface area contributed by atoms with Gasteiger partial charge in [-0.3, -0.25) is 0 Å².